The molecular weight excluding hydrogens is 264 g/mol. The van der Waals surface area contributed by atoms with Crippen LogP contribution in [0.3, 0.4) is 0 Å². The van der Waals surface area contributed by atoms with Crippen LogP contribution < -0.4 is 11.1 Å². The Bertz CT molecular complexity index is 735. The number of rotatable bonds is 5. The minimum absolute atomic E-state index is 0.748. The van der Waals surface area contributed by atoms with Crippen molar-refractivity contribution in [2.45, 2.75) is 19.8 Å². The second kappa shape index (κ2) is 5.78. The number of aromatic nitrogens is 4. The van der Waals surface area contributed by atoms with Crippen LogP contribution in [0.1, 0.15) is 17.9 Å². The minimum atomic E-state index is 0.748. The zero-order chi connectivity index (χ0) is 14.7. The molecule has 2 aromatic heterocycles. The first-order chi connectivity index (χ1) is 10.2. The second-order valence-corrected chi connectivity index (χ2v) is 5.05. The summed E-state index contributed by atoms with van der Waals surface area (Å²) < 4.78 is 0. The van der Waals surface area contributed by atoms with E-state index in [0.717, 1.165) is 53.2 Å². The Hall–Kier alpha value is -2.63. The smallest absolute Gasteiger partial charge is 0.137 e. The molecule has 0 unspecified atom stereocenters. The minimum Gasteiger partial charge on any atom is -0.399 e. The monoisotopic (exact) mass is 282 g/mol. The van der Waals surface area contributed by atoms with Gasteiger partial charge in [-0.1, -0.05) is 0 Å². The van der Waals surface area contributed by atoms with Gasteiger partial charge in [0.2, 0.25) is 0 Å². The highest BCUT2D eigenvalue weighted by Gasteiger charge is 2.04. The Kier molecular flexibility index (Phi) is 3.68. The predicted octanol–water partition coefficient (Wildman–Crippen LogP) is 2.29. The van der Waals surface area contributed by atoms with Gasteiger partial charge in [0, 0.05) is 35.4 Å². The topological polar surface area (TPSA) is 92.5 Å². The van der Waals surface area contributed by atoms with E-state index in [1.807, 2.05) is 25.1 Å². The molecule has 0 spiro atoms. The molecule has 0 amide bonds. The van der Waals surface area contributed by atoms with Crippen LogP contribution in [-0.4, -0.2) is 26.7 Å². The first-order valence-corrected chi connectivity index (χ1v) is 6.97. The first-order valence-electron chi connectivity index (χ1n) is 6.97. The molecule has 0 saturated heterocycles. The fraction of sp³-hybridized carbons (Fsp3) is 0.267. The van der Waals surface area contributed by atoms with Gasteiger partial charge in [0.05, 0.1) is 5.52 Å². The normalized spacial score (nSPS) is 10.9. The summed E-state index contributed by atoms with van der Waals surface area (Å²) in [6.07, 6.45) is 3.38. The summed E-state index contributed by atoms with van der Waals surface area (Å²) in [6, 6.07) is 7.84. The van der Waals surface area contributed by atoms with E-state index in [4.69, 9.17) is 5.73 Å². The Morgan fingerprint density at radius 2 is 2.19 bits per heavy atom. The molecule has 1 aromatic carbocycles. The number of nitrogen functional groups attached to an aromatic ring is 1. The van der Waals surface area contributed by atoms with Gasteiger partial charge in [0.15, 0.2) is 0 Å². The van der Waals surface area contributed by atoms with Gasteiger partial charge in [0.1, 0.15) is 12.2 Å². The molecule has 6 heteroatoms. The summed E-state index contributed by atoms with van der Waals surface area (Å²) in [5, 5.41) is 11.2. The average Bonchev–Trinajstić information content (AvgIpc) is 2.97. The molecule has 0 saturated carbocycles. The number of H-pyrrole nitrogens is 1. The molecule has 0 atom stereocenters. The summed E-state index contributed by atoms with van der Waals surface area (Å²) in [4.78, 5) is 8.64. The molecular formula is C15H18N6. The van der Waals surface area contributed by atoms with Crippen LogP contribution in [0.5, 0.6) is 0 Å². The van der Waals surface area contributed by atoms with Crippen molar-refractivity contribution >= 4 is 22.3 Å². The summed E-state index contributed by atoms with van der Waals surface area (Å²) >= 11 is 0. The van der Waals surface area contributed by atoms with Gasteiger partial charge in [-0.2, -0.15) is 5.10 Å². The van der Waals surface area contributed by atoms with Crippen LogP contribution in [0.4, 0.5) is 11.4 Å². The number of hydrogen-bond donors (Lipinski definition) is 3. The molecule has 4 N–H and O–H groups in total. The molecule has 0 aliphatic carbocycles. The van der Waals surface area contributed by atoms with E-state index in [0.29, 0.717) is 0 Å². The molecule has 21 heavy (non-hydrogen) atoms. The van der Waals surface area contributed by atoms with E-state index < -0.39 is 0 Å². The van der Waals surface area contributed by atoms with Crippen LogP contribution in [0.15, 0.2) is 30.6 Å². The van der Waals surface area contributed by atoms with Crippen LogP contribution in [-0.2, 0) is 6.42 Å². The highest BCUT2D eigenvalue weighted by molar-refractivity contribution is 5.93. The summed E-state index contributed by atoms with van der Waals surface area (Å²) in [6.45, 7) is 2.85. The summed E-state index contributed by atoms with van der Waals surface area (Å²) in [7, 11) is 0. The molecule has 0 bridgehead atoms. The summed E-state index contributed by atoms with van der Waals surface area (Å²) in [5.74, 6) is 0.914. The lowest BCUT2D eigenvalue weighted by Gasteiger charge is -2.11. The molecule has 0 fully saturated rings. The van der Waals surface area contributed by atoms with Gasteiger partial charge in [-0.15, -0.1) is 0 Å². The fourth-order valence-corrected chi connectivity index (χ4v) is 2.35. The van der Waals surface area contributed by atoms with Crippen molar-refractivity contribution in [3.8, 4) is 0 Å². The number of fused-ring (bicyclic) bond motifs is 1. The Morgan fingerprint density at radius 3 is 3.00 bits per heavy atom. The lowest BCUT2D eigenvalue weighted by atomic mass is 10.1. The Labute approximate surface area is 122 Å². The molecule has 0 radical (unpaired) electrons. The lowest BCUT2D eigenvalue weighted by molar-refractivity contribution is 0.806. The van der Waals surface area contributed by atoms with Crippen LogP contribution in [0.2, 0.25) is 0 Å². The Balaban J connectivity index is 1.72. The Morgan fingerprint density at radius 1 is 1.29 bits per heavy atom. The van der Waals surface area contributed by atoms with Gasteiger partial charge in [-0.3, -0.25) is 10.1 Å². The van der Waals surface area contributed by atoms with E-state index in [9.17, 15) is 0 Å². The summed E-state index contributed by atoms with van der Waals surface area (Å²) in [5.41, 5.74) is 9.65. The zero-order valence-corrected chi connectivity index (χ0v) is 11.9. The van der Waals surface area contributed by atoms with Crippen molar-refractivity contribution < 1.29 is 0 Å². The van der Waals surface area contributed by atoms with E-state index >= 15 is 0 Å². The highest BCUT2D eigenvalue weighted by Crippen LogP contribution is 2.25. The fourth-order valence-electron chi connectivity index (χ4n) is 2.35. The number of nitrogens with zero attached hydrogens (tertiary/aromatic N) is 3. The maximum absolute atomic E-state index is 5.87. The largest absolute Gasteiger partial charge is 0.399 e. The molecule has 0 aliphatic heterocycles. The SMILES string of the molecule is Cc1cc(NCCCc2ncn[nH]2)c2cc(N)ccc2n1. The van der Waals surface area contributed by atoms with Crippen LogP contribution in [0, 0.1) is 6.92 Å². The standard InChI is InChI=1S/C15H18N6/c1-10-7-14(12-8-11(16)4-5-13(12)20-10)17-6-2-3-15-18-9-19-21-15/h4-5,7-9H,2-3,6,16H2,1H3,(H,17,20)(H,18,19,21). The molecule has 2 heterocycles. The number of hydrogen-bond acceptors (Lipinski definition) is 5. The van der Waals surface area contributed by atoms with Crippen molar-refractivity contribution in [2.75, 3.05) is 17.6 Å². The van der Waals surface area contributed by atoms with Gasteiger partial charge >= 0.3 is 0 Å². The maximum atomic E-state index is 5.87. The number of pyridine rings is 1. The van der Waals surface area contributed by atoms with Gasteiger partial charge in [-0.25, -0.2) is 4.98 Å². The van der Waals surface area contributed by atoms with Gasteiger partial charge < -0.3 is 11.1 Å². The molecule has 0 aliphatic rings. The lowest BCUT2D eigenvalue weighted by Crippen LogP contribution is -2.05. The number of aromatic amines is 1. The molecule has 3 aromatic rings. The number of nitrogens with one attached hydrogen (secondary N) is 2. The van der Waals surface area contributed by atoms with Crippen LogP contribution >= 0.6 is 0 Å². The van der Waals surface area contributed by atoms with Crippen LogP contribution in [0.25, 0.3) is 10.9 Å². The van der Waals surface area contributed by atoms with E-state index in [-0.39, 0.29) is 0 Å². The van der Waals surface area contributed by atoms with Crippen molar-refractivity contribution in [1.82, 2.24) is 20.2 Å². The number of benzene rings is 1. The van der Waals surface area contributed by atoms with Crippen molar-refractivity contribution in [3.05, 3.63) is 42.1 Å². The van der Waals surface area contributed by atoms with Gasteiger partial charge in [-0.05, 0) is 37.6 Å². The average molecular weight is 282 g/mol. The quantitative estimate of drug-likeness (QED) is 0.493. The zero-order valence-electron chi connectivity index (χ0n) is 11.9. The number of anilines is 2. The van der Waals surface area contributed by atoms with Gasteiger partial charge in [0.25, 0.3) is 0 Å². The van der Waals surface area contributed by atoms with E-state index in [1.54, 1.807) is 0 Å². The van der Waals surface area contributed by atoms with Crippen molar-refractivity contribution in [3.63, 3.8) is 0 Å². The number of aryl methyl sites for hydroxylation is 2. The third-order valence-electron chi connectivity index (χ3n) is 3.33. The molecule has 6 nitrogen and oxygen atoms in total. The number of nitrogens with two attached hydrogens (primary N) is 1. The second-order valence-electron chi connectivity index (χ2n) is 5.05. The third-order valence-corrected chi connectivity index (χ3v) is 3.33. The van der Waals surface area contributed by atoms with E-state index in [1.165, 1.54) is 6.33 Å². The maximum Gasteiger partial charge on any atom is 0.137 e. The third kappa shape index (κ3) is 3.10. The van der Waals surface area contributed by atoms with E-state index in [2.05, 4.69) is 31.5 Å². The molecule has 3 rings (SSSR count). The van der Waals surface area contributed by atoms with Crippen molar-refractivity contribution in [2.24, 2.45) is 0 Å². The van der Waals surface area contributed by atoms with Crippen molar-refractivity contribution in [1.29, 1.82) is 0 Å². The molecule has 108 valence electrons. The highest BCUT2D eigenvalue weighted by atomic mass is 15.2. The predicted molar refractivity (Wildman–Crippen MR) is 84.1 cm³/mol. The first kappa shape index (κ1) is 13.4.